The van der Waals surface area contributed by atoms with Gasteiger partial charge in [-0.05, 0) is 49.4 Å². The van der Waals surface area contributed by atoms with Crippen LogP contribution < -0.4 is 10.5 Å². The van der Waals surface area contributed by atoms with Crippen LogP contribution in [0.3, 0.4) is 0 Å². The van der Waals surface area contributed by atoms with Gasteiger partial charge in [0.1, 0.15) is 5.75 Å². The van der Waals surface area contributed by atoms with Crippen LogP contribution in [0.15, 0.2) is 18.2 Å². The molecule has 0 bridgehead atoms. The summed E-state index contributed by atoms with van der Waals surface area (Å²) in [6.07, 6.45) is 3.51. The number of hydrogen-bond acceptors (Lipinski definition) is 3. The van der Waals surface area contributed by atoms with Gasteiger partial charge in [0.05, 0.1) is 12.1 Å². The van der Waals surface area contributed by atoms with E-state index in [0.717, 1.165) is 44.6 Å². The third-order valence-corrected chi connectivity index (χ3v) is 4.21. The summed E-state index contributed by atoms with van der Waals surface area (Å²) in [5, 5.41) is 0. The molecule has 1 aliphatic rings. The maximum Gasteiger partial charge on any atom is 0.242 e. The van der Waals surface area contributed by atoms with E-state index >= 15 is 0 Å². The van der Waals surface area contributed by atoms with Crippen molar-refractivity contribution in [2.75, 3.05) is 13.2 Å². The molecule has 2 N–H and O–H groups in total. The van der Waals surface area contributed by atoms with E-state index in [1.807, 2.05) is 17.9 Å². The molecule has 5 heteroatoms. The Morgan fingerprint density at radius 1 is 1.30 bits per heavy atom. The molecule has 0 aromatic heterocycles. The lowest BCUT2D eigenvalue weighted by Crippen LogP contribution is -2.54. The molecule has 23 heavy (non-hydrogen) atoms. The van der Waals surface area contributed by atoms with Crippen LogP contribution in [0.25, 0.3) is 0 Å². The maximum atomic E-state index is 12.6. The van der Waals surface area contributed by atoms with E-state index in [-0.39, 0.29) is 18.3 Å². The van der Waals surface area contributed by atoms with Gasteiger partial charge in [0.2, 0.25) is 5.91 Å². The van der Waals surface area contributed by atoms with E-state index in [9.17, 15) is 4.79 Å². The van der Waals surface area contributed by atoms with Crippen LogP contribution >= 0.6 is 12.4 Å². The molecular weight excluding hydrogens is 312 g/mol. The van der Waals surface area contributed by atoms with Crippen LogP contribution in [0.5, 0.6) is 5.75 Å². The lowest BCUT2D eigenvalue weighted by atomic mass is 9.93. The first-order chi connectivity index (χ1) is 10.5. The van der Waals surface area contributed by atoms with Crippen LogP contribution in [-0.2, 0) is 17.8 Å². The quantitative estimate of drug-likeness (QED) is 0.864. The highest BCUT2D eigenvalue weighted by Crippen LogP contribution is 2.26. The number of halogens is 1. The normalized spacial score (nSPS) is 16.1. The zero-order valence-electron chi connectivity index (χ0n) is 14.4. The van der Waals surface area contributed by atoms with Crippen molar-refractivity contribution in [3.63, 3.8) is 0 Å². The molecular formula is C18H29ClN2O2. The average molecular weight is 341 g/mol. The van der Waals surface area contributed by atoms with Crippen molar-refractivity contribution in [1.29, 1.82) is 0 Å². The van der Waals surface area contributed by atoms with E-state index in [1.54, 1.807) is 0 Å². The number of carbonyl (C=O) groups is 1. The van der Waals surface area contributed by atoms with Crippen molar-refractivity contribution in [2.24, 2.45) is 5.73 Å². The molecule has 0 saturated carbocycles. The fourth-order valence-electron chi connectivity index (χ4n) is 3.00. The van der Waals surface area contributed by atoms with Crippen LogP contribution in [0.2, 0.25) is 0 Å². The van der Waals surface area contributed by atoms with E-state index in [4.69, 9.17) is 10.5 Å². The zero-order chi connectivity index (χ0) is 16.2. The maximum absolute atomic E-state index is 12.6. The van der Waals surface area contributed by atoms with E-state index < -0.39 is 5.54 Å². The van der Waals surface area contributed by atoms with E-state index in [2.05, 4.69) is 26.0 Å². The summed E-state index contributed by atoms with van der Waals surface area (Å²) in [5.74, 6) is 0.987. The predicted octanol–water partition coefficient (Wildman–Crippen LogP) is 3.30. The highest BCUT2D eigenvalue weighted by atomic mass is 35.5. The van der Waals surface area contributed by atoms with Crippen molar-refractivity contribution >= 4 is 18.3 Å². The minimum Gasteiger partial charge on any atom is -0.494 e. The summed E-state index contributed by atoms with van der Waals surface area (Å²) in [6.45, 7) is 8.13. The molecule has 0 spiro atoms. The number of amides is 1. The minimum absolute atomic E-state index is 0. The first kappa shape index (κ1) is 19.8. The standard InChI is InChI=1S/C18H28N2O2.ClH/c1-4-9-18(3,19)17(21)20-10-8-14-12-16(22-11-5-2)7-6-15(14)13-20;/h6-7,12H,4-5,8-11,13,19H2,1-3H3;1H. The van der Waals surface area contributed by atoms with Crippen molar-refractivity contribution < 1.29 is 9.53 Å². The summed E-state index contributed by atoms with van der Waals surface area (Å²) >= 11 is 0. The van der Waals surface area contributed by atoms with E-state index in [0.29, 0.717) is 6.54 Å². The highest BCUT2D eigenvalue weighted by molar-refractivity contribution is 5.86. The van der Waals surface area contributed by atoms with Gasteiger partial charge in [-0.25, -0.2) is 0 Å². The summed E-state index contributed by atoms with van der Waals surface area (Å²) in [7, 11) is 0. The number of fused-ring (bicyclic) bond motifs is 1. The second kappa shape index (κ2) is 8.55. The van der Waals surface area contributed by atoms with Crippen LogP contribution in [-0.4, -0.2) is 29.5 Å². The largest absolute Gasteiger partial charge is 0.494 e. The second-order valence-electron chi connectivity index (χ2n) is 6.42. The fourth-order valence-corrected chi connectivity index (χ4v) is 3.00. The number of carbonyl (C=O) groups excluding carboxylic acids is 1. The van der Waals surface area contributed by atoms with Gasteiger partial charge in [0.25, 0.3) is 0 Å². The van der Waals surface area contributed by atoms with Crippen molar-refractivity contribution in [3.05, 3.63) is 29.3 Å². The molecule has 1 unspecified atom stereocenters. The van der Waals surface area contributed by atoms with Gasteiger partial charge in [0.15, 0.2) is 0 Å². The first-order valence-corrected chi connectivity index (χ1v) is 8.30. The number of hydrogen-bond donors (Lipinski definition) is 1. The predicted molar refractivity (Wildman–Crippen MR) is 96.1 cm³/mol. The molecule has 1 amide bonds. The van der Waals surface area contributed by atoms with Crippen molar-refractivity contribution in [3.8, 4) is 5.75 Å². The number of ether oxygens (including phenoxy) is 1. The number of rotatable bonds is 6. The van der Waals surface area contributed by atoms with Crippen molar-refractivity contribution in [2.45, 2.75) is 58.5 Å². The number of nitrogens with zero attached hydrogens (tertiary/aromatic N) is 1. The molecule has 1 aliphatic heterocycles. The highest BCUT2D eigenvalue weighted by Gasteiger charge is 2.33. The Morgan fingerprint density at radius 2 is 2.04 bits per heavy atom. The molecule has 0 aliphatic carbocycles. The zero-order valence-corrected chi connectivity index (χ0v) is 15.2. The lowest BCUT2D eigenvalue weighted by molar-refractivity contribution is -0.137. The molecule has 1 aromatic carbocycles. The first-order valence-electron chi connectivity index (χ1n) is 8.30. The average Bonchev–Trinajstić information content (AvgIpc) is 2.51. The van der Waals surface area contributed by atoms with Crippen molar-refractivity contribution in [1.82, 2.24) is 4.90 Å². The van der Waals surface area contributed by atoms with Gasteiger partial charge in [-0.2, -0.15) is 0 Å². The summed E-state index contributed by atoms with van der Waals surface area (Å²) in [5.41, 5.74) is 7.92. The fraction of sp³-hybridized carbons (Fsp3) is 0.611. The molecule has 1 atom stereocenters. The molecule has 2 rings (SSSR count). The van der Waals surface area contributed by atoms with Gasteiger partial charge < -0.3 is 15.4 Å². The number of nitrogens with two attached hydrogens (primary N) is 1. The molecule has 0 fully saturated rings. The SMILES string of the molecule is CCCOc1ccc2c(c1)CCN(C(=O)C(C)(N)CCC)C2.Cl. The molecule has 1 aromatic rings. The smallest absolute Gasteiger partial charge is 0.242 e. The molecule has 4 nitrogen and oxygen atoms in total. The van der Waals surface area contributed by atoms with E-state index in [1.165, 1.54) is 11.1 Å². The molecule has 130 valence electrons. The van der Waals surface area contributed by atoms with Crippen LogP contribution in [0.4, 0.5) is 0 Å². The topological polar surface area (TPSA) is 55.6 Å². The molecule has 0 radical (unpaired) electrons. The Hall–Kier alpha value is -1.26. The van der Waals surface area contributed by atoms with Gasteiger partial charge >= 0.3 is 0 Å². The Morgan fingerprint density at radius 3 is 2.70 bits per heavy atom. The summed E-state index contributed by atoms with van der Waals surface area (Å²) in [4.78, 5) is 14.5. The Labute approximate surface area is 145 Å². The summed E-state index contributed by atoms with van der Waals surface area (Å²) in [6, 6.07) is 6.18. The van der Waals surface area contributed by atoms with Gasteiger partial charge in [-0.15, -0.1) is 12.4 Å². The Kier molecular flexibility index (Phi) is 7.36. The monoisotopic (exact) mass is 340 g/mol. The Bertz CT molecular complexity index is 532. The van der Waals surface area contributed by atoms with Crippen LogP contribution in [0.1, 0.15) is 51.2 Å². The second-order valence-corrected chi connectivity index (χ2v) is 6.42. The third kappa shape index (κ3) is 4.85. The summed E-state index contributed by atoms with van der Waals surface area (Å²) < 4.78 is 5.68. The third-order valence-electron chi connectivity index (χ3n) is 4.21. The number of benzene rings is 1. The van der Waals surface area contributed by atoms with Gasteiger partial charge in [-0.1, -0.05) is 26.3 Å². The lowest BCUT2D eigenvalue weighted by Gasteiger charge is -2.35. The van der Waals surface area contributed by atoms with Gasteiger partial charge in [-0.3, -0.25) is 4.79 Å². The minimum atomic E-state index is -0.754. The van der Waals surface area contributed by atoms with Crippen LogP contribution in [0, 0.1) is 0 Å². The van der Waals surface area contributed by atoms with Gasteiger partial charge in [0, 0.05) is 13.1 Å². The Balaban J connectivity index is 0.00000264. The molecule has 0 saturated heterocycles. The molecule has 1 heterocycles.